The normalized spacial score (nSPS) is 34.5. The van der Waals surface area contributed by atoms with Crippen molar-refractivity contribution in [3.8, 4) is 0 Å². The molecule has 4 aliphatic carbocycles. The number of nitrogens with two attached hydrogens (primary N) is 1. The van der Waals surface area contributed by atoms with Crippen molar-refractivity contribution in [3.63, 3.8) is 0 Å². The van der Waals surface area contributed by atoms with E-state index in [0.29, 0.717) is 38.5 Å². The lowest BCUT2D eigenvalue weighted by molar-refractivity contribution is -0.151. The number of hydrogen-bond donors (Lipinski definition) is 2. The Kier molecular flexibility index (Phi) is 18.1. The van der Waals surface area contributed by atoms with Crippen LogP contribution in [0.3, 0.4) is 0 Å². The molecule has 11 nitrogen and oxygen atoms in total. The van der Waals surface area contributed by atoms with E-state index in [9.17, 15) is 29.1 Å². The maximum atomic E-state index is 13.1. The molecule has 0 spiro atoms. The fraction of sp³-hybridized carbons (Fsp3) is 0.889. The minimum absolute atomic E-state index is 0.0125. The van der Waals surface area contributed by atoms with Gasteiger partial charge < -0.3 is 34.6 Å². The van der Waals surface area contributed by atoms with Gasteiger partial charge in [0.25, 0.3) is 0 Å². The molecule has 4 fully saturated rings. The predicted octanol–water partition coefficient (Wildman–Crippen LogP) is 6.80. The van der Waals surface area contributed by atoms with E-state index in [1.165, 1.54) is 0 Å². The second-order valence-electron chi connectivity index (χ2n) is 19.5. The lowest BCUT2D eigenvalue weighted by atomic mass is 9.68. The van der Waals surface area contributed by atoms with Gasteiger partial charge in [-0.05, 0) is 116 Å². The van der Waals surface area contributed by atoms with Gasteiger partial charge in [0.05, 0.1) is 26.4 Å². The maximum Gasteiger partial charge on any atom is 0.306 e. The summed E-state index contributed by atoms with van der Waals surface area (Å²) in [5, 5.41) is 10.8. The molecule has 3 N–H and O–H groups in total. The van der Waals surface area contributed by atoms with Crippen LogP contribution < -0.4 is 5.73 Å². The van der Waals surface area contributed by atoms with Crippen molar-refractivity contribution < 1.29 is 48.0 Å². The van der Waals surface area contributed by atoms with Crippen molar-refractivity contribution in [2.45, 2.75) is 132 Å². The van der Waals surface area contributed by atoms with Gasteiger partial charge in [-0.3, -0.25) is 19.2 Å². The molecule has 4 aliphatic rings. The van der Waals surface area contributed by atoms with Crippen molar-refractivity contribution >= 4 is 30.2 Å². The van der Waals surface area contributed by atoms with Crippen LogP contribution in [0.4, 0.5) is 0 Å². The zero-order chi connectivity index (χ0) is 41.1. The Bertz CT molecular complexity index is 1280. The number of aliphatic hydroxyl groups is 1. The summed E-state index contributed by atoms with van der Waals surface area (Å²) in [5.74, 6) is -0.486. The van der Waals surface area contributed by atoms with Gasteiger partial charge in [0, 0.05) is 62.0 Å². The van der Waals surface area contributed by atoms with E-state index in [2.05, 4.69) is 6.92 Å². The summed E-state index contributed by atoms with van der Waals surface area (Å²) in [7, 11) is 0. The highest BCUT2D eigenvalue weighted by Gasteiger charge is 2.55. The zero-order valence-electron chi connectivity index (χ0n) is 35.5. The standard InChI is InChI=1S/C45H75NO10/c1-26(2)14-40(49)53-22-33-18-31(20-47)44(38(33)24-55-41(50)15-27(3)4)36-12-13-37(29(36)7)45-32(21-48)19-34(39(45)25-56-42(51)16-28(5)6)23-54-43(52)17-30-8-10-35(46)11-9-30/h21,26-39,44-45,47H,8-20,22-25,46H2,1-7H3. The number of carbonyl (C=O) groups excluding carboxylic acids is 5. The van der Waals surface area contributed by atoms with Gasteiger partial charge in [-0.1, -0.05) is 48.5 Å². The Labute approximate surface area is 336 Å². The van der Waals surface area contributed by atoms with Gasteiger partial charge in [0.1, 0.15) is 6.29 Å². The Hall–Kier alpha value is -2.53. The molecule has 0 aromatic rings. The molecule has 11 atom stereocenters. The Balaban J connectivity index is 1.54. The molecule has 56 heavy (non-hydrogen) atoms. The number of rotatable bonds is 20. The van der Waals surface area contributed by atoms with Gasteiger partial charge in [-0.2, -0.15) is 0 Å². The Morgan fingerprint density at radius 2 is 1.07 bits per heavy atom. The number of hydrogen-bond acceptors (Lipinski definition) is 11. The Morgan fingerprint density at radius 3 is 1.55 bits per heavy atom. The molecule has 0 radical (unpaired) electrons. The van der Waals surface area contributed by atoms with Crippen LogP contribution in [0.15, 0.2) is 0 Å². The van der Waals surface area contributed by atoms with Crippen molar-refractivity contribution in [1.82, 2.24) is 0 Å². The molecule has 320 valence electrons. The van der Waals surface area contributed by atoms with E-state index >= 15 is 0 Å². The van der Waals surface area contributed by atoms with Gasteiger partial charge in [0.2, 0.25) is 0 Å². The van der Waals surface area contributed by atoms with Crippen molar-refractivity contribution in [1.29, 1.82) is 0 Å². The third kappa shape index (κ3) is 13.0. The maximum absolute atomic E-state index is 13.1. The predicted molar refractivity (Wildman–Crippen MR) is 212 cm³/mol. The first kappa shape index (κ1) is 46.2. The van der Waals surface area contributed by atoms with Crippen LogP contribution in [0.5, 0.6) is 0 Å². The van der Waals surface area contributed by atoms with E-state index in [-0.39, 0.29) is 152 Å². The number of aldehydes is 1. The quantitative estimate of drug-likeness (QED) is 0.0757. The molecule has 4 rings (SSSR count). The summed E-state index contributed by atoms with van der Waals surface area (Å²) < 4.78 is 23.6. The average Bonchev–Trinajstić information content (AvgIpc) is 3.79. The molecule has 4 saturated carbocycles. The van der Waals surface area contributed by atoms with E-state index in [4.69, 9.17) is 24.7 Å². The third-order valence-corrected chi connectivity index (χ3v) is 13.9. The second kappa shape index (κ2) is 22.0. The van der Waals surface area contributed by atoms with Gasteiger partial charge >= 0.3 is 23.9 Å². The molecule has 0 aromatic carbocycles. The number of esters is 4. The van der Waals surface area contributed by atoms with Gasteiger partial charge in [-0.15, -0.1) is 0 Å². The van der Waals surface area contributed by atoms with Gasteiger partial charge in [0.15, 0.2) is 0 Å². The first-order valence-corrected chi connectivity index (χ1v) is 22.1. The van der Waals surface area contributed by atoms with Crippen LogP contribution in [0.2, 0.25) is 0 Å². The minimum atomic E-state index is -0.267. The largest absolute Gasteiger partial charge is 0.465 e. The fourth-order valence-electron chi connectivity index (χ4n) is 11.2. The summed E-state index contributed by atoms with van der Waals surface area (Å²) >= 11 is 0. The molecule has 0 bridgehead atoms. The fourth-order valence-corrected chi connectivity index (χ4v) is 11.2. The van der Waals surface area contributed by atoms with Crippen LogP contribution in [-0.2, 0) is 42.9 Å². The molecule has 0 aromatic heterocycles. The van der Waals surface area contributed by atoms with Gasteiger partial charge in [-0.25, -0.2) is 0 Å². The van der Waals surface area contributed by atoms with E-state index in [1.807, 2.05) is 41.5 Å². The summed E-state index contributed by atoms with van der Waals surface area (Å²) in [6, 6.07) is 0.205. The van der Waals surface area contributed by atoms with Crippen LogP contribution in [0, 0.1) is 88.8 Å². The SMILES string of the molecule is CC(C)CC(=O)OCC1CC(CO)C(C2CCC(C3C(C=O)CC(COC(=O)CC4CCC(N)CC4)C3COC(=O)CC(C)C)C2C)C1COC(=O)CC(C)C. The molecule has 0 saturated heterocycles. The summed E-state index contributed by atoms with van der Waals surface area (Å²) in [5.41, 5.74) is 6.08. The van der Waals surface area contributed by atoms with Crippen molar-refractivity contribution in [3.05, 3.63) is 0 Å². The molecule has 0 amide bonds. The monoisotopic (exact) mass is 790 g/mol. The molecule has 0 aliphatic heterocycles. The molecular weight excluding hydrogens is 714 g/mol. The highest BCUT2D eigenvalue weighted by atomic mass is 16.5. The second-order valence-corrected chi connectivity index (χ2v) is 19.5. The molecular formula is C45H75NO10. The summed E-state index contributed by atoms with van der Waals surface area (Å²) in [6.45, 7) is 14.9. The highest BCUT2D eigenvalue weighted by Crippen LogP contribution is 2.58. The topological polar surface area (TPSA) is 169 Å². The summed E-state index contributed by atoms with van der Waals surface area (Å²) in [4.78, 5) is 64.3. The number of carbonyl (C=O) groups is 5. The lowest BCUT2D eigenvalue weighted by Gasteiger charge is -2.37. The molecule has 0 heterocycles. The highest BCUT2D eigenvalue weighted by molar-refractivity contribution is 5.70. The van der Waals surface area contributed by atoms with Crippen molar-refractivity contribution in [2.75, 3.05) is 33.0 Å². The summed E-state index contributed by atoms with van der Waals surface area (Å²) in [6.07, 6.45) is 9.08. The molecule has 11 heteroatoms. The third-order valence-electron chi connectivity index (χ3n) is 13.9. The van der Waals surface area contributed by atoms with E-state index < -0.39 is 0 Å². The van der Waals surface area contributed by atoms with Crippen LogP contribution >= 0.6 is 0 Å². The van der Waals surface area contributed by atoms with Crippen LogP contribution in [-0.4, -0.2) is 74.3 Å². The smallest absolute Gasteiger partial charge is 0.306 e. The van der Waals surface area contributed by atoms with E-state index in [1.54, 1.807) is 0 Å². The lowest BCUT2D eigenvalue weighted by Crippen LogP contribution is -2.37. The van der Waals surface area contributed by atoms with Crippen molar-refractivity contribution in [2.24, 2.45) is 94.5 Å². The van der Waals surface area contributed by atoms with Crippen LogP contribution in [0.25, 0.3) is 0 Å². The average molecular weight is 790 g/mol. The molecule has 11 unspecified atom stereocenters. The first-order chi connectivity index (χ1) is 26.6. The van der Waals surface area contributed by atoms with E-state index in [0.717, 1.165) is 44.8 Å². The first-order valence-electron chi connectivity index (χ1n) is 22.1. The zero-order valence-corrected chi connectivity index (χ0v) is 35.5. The van der Waals surface area contributed by atoms with Crippen LogP contribution in [0.1, 0.15) is 126 Å². The number of ether oxygens (including phenoxy) is 4. The number of aliphatic hydroxyl groups excluding tert-OH is 1. The Morgan fingerprint density at radius 1 is 0.625 bits per heavy atom. The minimum Gasteiger partial charge on any atom is -0.465 e.